The van der Waals surface area contributed by atoms with Crippen molar-refractivity contribution in [1.82, 2.24) is 0 Å². The van der Waals surface area contributed by atoms with Gasteiger partial charge in [0.15, 0.2) is 0 Å². The fourth-order valence-electron chi connectivity index (χ4n) is 2.88. The van der Waals surface area contributed by atoms with Gasteiger partial charge < -0.3 is 20.1 Å². The quantitative estimate of drug-likeness (QED) is 0.417. The molecule has 0 aromatic heterocycles. The maximum atomic E-state index is 12.4. The van der Waals surface area contributed by atoms with E-state index in [0.717, 1.165) is 10.5 Å². The van der Waals surface area contributed by atoms with Crippen molar-refractivity contribution in [3.05, 3.63) is 77.3 Å². The minimum Gasteiger partial charge on any atom is -0.497 e. The van der Waals surface area contributed by atoms with Gasteiger partial charge in [0.1, 0.15) is 11.5 Å². The van der Waals surface area contributed by atoms with Gasteiger partial charge in [-0.2, -0.15) is 0 Å². The maximum absolute atomic E-state index is 12.4. The largest absolute Gasteiger partial charge is 0.497 e. The van der Waals surface area contributed by atoms with Crippen LogP contribution in [0.2, 0.25) is 5.02 Å². The zero-order valence-corrected chi connectivity index (χ0v) is 19.3. The van der Waals surface area contributed by atoms with Crippen LogP contribution in [0.1, 0.15) is 5.56 Å². The van der Waals surface area contributed by atoms with E-state index in [1.165, 1.54) is 11.8 Å². The summed E-state index contributed by atoms with van der Waals surface area (Å²) in [5.74, 6) is 1.10. The summed E-state index contributed by atoms with van der Waals surface area (Å²) in [6.45, 7) is 0. The molecule has 0 aliphatic heterocycles. The summed E-state index contributed by atoms with van der Waals surface area (Å²) < 4.78 is 10.4. The third-order valence-electron chi connectivity index (χ3n) is 4.40. The Kier molecular flexibility index (Phi) is 8.41. The summed E-state index contributed by atoms with van der Waals surface area (Å²) in [4.78, 5) is 25.6. The molecule has 0 spiro atoms. The lowest BCUT2D eigenvalue weighted by molar-refractivity contribution is -0.115. The molecule has 2 N–H and O–H groups in total. The van der Waals surface area contributed by atoms with Gasteiger partial charge in [0.2, 0.25) is 11.8 Å². The molecule has 0 fully saturated rings. The number of hydrogen-bond donors (Lipinski definition) is 2. The number of benzene rings is 3. The number of carbonyl (C=O) groups excluding carboxylic acids is 2. The molecule has 0 aliphatic carbocycles. The lowest BCUT2D eigenvalue weighted by Crippen LogP contribution is -2.15. The van der Waals surface area contributed by atoms with Crippen LogP contribution in [0.3, 0.4) is 0 Å². The zero-order valence-electron chi connectivity index (χ0n) is 17.7. The Labute approximate surface area is 196 Å². The number of nitrogens with one attached hydrogen (secondary N) is 2. The lowest BCUT2D eigenvalue weighted by atomic mass is 10.1. The van der Waals surface area contributed by atoms with E-state index < -0.39 is 0 Å². The van der Waals surface area contributed by atoms with Gasteiger partial charge in [-0.05, 0) is 35.9 Å². The Bertz CT molecular complexity index is 1070. The molecular weight excluding hydrogens is 448 g/mol. The van der Waals surface area contributed by atoms with Crippen molar-refractivity contribution in [2.24, 2.45) is 0 Å². The SMILES string of the molecule is COc1cc(NC(=O)CSc2cccc(NC(=O)Cc3ccc(Cl)cc3)c2)cc(OC)c1. The summed E-state index contributed by atoms with van der Waals surface area (Å²) >= 11 is 7.25. The van der Waals surface area contributed by atoms with Gasteiger partial charge in [0.05, 0.1) is 26.4 Å². The standard InChI is InChI=1S/C24H23ClN2O4S/c1-30-20-11-19(12-21(14-20)31-2)27-24(29)15-32-22-5-3-4-18(13-22)26-23(28)10-16-6-8-17(25)9-7-16/h3-9,11-14H,10,15H2,1-2H3,(H,26,28)(H,27,29). The minimum atomic E-state index is -0.164. The van der Waals surface area contributed by atoms with Gasteiger partial charge in [0.25, 0.3) is 0 Å². The van der Waals surface area contributed by atoms with Crippen molar-refractivity contribution >= 4 is 46.6 Å². The van der Waals surface area contributed by atoms with Crippen LogP contribution in [-0.2, 0) is 16.0 Å². The molecule has 3 aromatic rings. The van der Waals surface area contributed by atoms with Gasteiger partial charge in [-0.1, -0.05) is 29.8 Å². The van der Waals surface area contributed by atoms with Gasteiger partial charge in [-0.15, -0.1) is 11.8 Å². The molecule has 0 saturated heterocycles. The van der Waals surface area contributed by atoms with Gasteiger partial charge in [-0.25, -0.2) is 0 Å². The van der Waals surface area contributed by atoms with E-state index in [-0.39, 0.29) is 24.0 Å². The van der Waals surface area contributed by atoms with E-state index in [1.807, 2.05) is 36.4 Å². The Morgan fingerprint density at radius 1 is 0.844 bits per heavy atom. The molecule has 0 radical (unpaired) electrons. The fraction of sp³-hybridized carbons (Fsp3) is 0.167. The molecule has 0 aliphatic rings. The van der Waals surface area contributed by atoms with Gasteiger partial charge in [0, 0.05) is 39.5 Å². The van der Waals surface area contributed by atoms with Crippen LogP contribution in [0.25, 0.3) is 0 Å². The van der Waals surface area contributed by atoms with E-state index in [9.17, 15) is 9.59 Å². The Morgan fingerprint density at radius 2 is 1.50 bits per heavy atom. The number of anilines is 2. The smallest absolute Gasteiger partial charge is 0.234 e. The highest BCUT2D eigenvalue weighted by Crippen LogP contribution is 2.27. The summed E-state index contributed by atoms with van der Waals surface area (Å²) in [7, 11) is 3.11. The van der Waals surface area contributed by atoms with Crippen molar-refractivity contribution in [3.63, 3.8) is 0 Å². The molecule has 166 valence electrons. The fourth-order valence-corrected chi connectivity index (χ4v) is 3.76. The van der Waals surface area contributed by atoms with E-state index in [4.69, 9.17) is 21.1 Å². The van der Waals surface area contributed by atoms with Gasteiger partial charge in [-0.3, -0.25) is 9.59 Å². The third kappa shape index (κ3) is 7.21. The monoisotopic (exact) mass is 470 g/mol. The number of thioether (sulfide) groups is 1. The number of ether oxygens (including phenoxy) is 2. The van der Waals surface area contributed by atoms with Crippen molar-refractivity contribution in [1.29, 1.82) is 0 Å². The summed E-state index contributed by atoms with van der Waals surface area (Å²) in [6, 6.07) is 19.7. The zero-order chi connectivity index (χ0) is 22.9. The Balaban J connectivity index is 1.53. The third-order valence-corrected chi connectivity index (χ3v) is 5.65. The van der Waals surface area contributed by atoms with Crippen molar-refractivity contribution in [2.75, 3.05) is 30.6 Å². The van der Waals surface area contributed by atoms with Crippen LogP contribution in [0.5, 0.6) is 11.5 Å². The highest BCUT2D eigenvalue weighted by molar-refractivity contribution is 8.00. The predicted molar refractivity (Wildman–Crippen MR) is 129 cm³/mol. The Morgan fingerprint density at radius 3 is 2.16 bits per heavy atom. The first kappa shape index (κ1) is 23.5. The summed E-state index contributed by atoms with van der Waals surface area (Å²) in [6.07, 6.45) is 0.251. The van der Waals surface area contributed by atoms with E-state index >= 15 is 0 Å². The molecule has 0 bridgehead atoms. The molecule has 0 saturated carbocycles. The number of amides is 2. The summed E-state index contributed by atoms with van der Waals surface area (Å²) in [5.41, 5.74) is 2.14. The molecule has 32 heavy (non-hydrogen) atoms. The first-order valence-corrected chi connectivity index (χ1v) is 11.1. The second kappa shape index (κ2) is 11.5. The Hall–Kier alpha value is -3.16. The van der Waals surface area contributed by atoms with Crippen LogP contribution in [0.4, 0.5) is 11.4 Å². The van der Waals surface area contributed by atoms with E-state index in [1.54, 1.807) is 44.6 Å². The molecule has 0 atom stereocenters. The second-order valence-electron chi connectivity index (χ2n) is 6.82. The molecule has 0 heterocycles. The van der Waals surface area contributed by atoms with Gasteiger partial charge >= 0.3 is 0 Å². The summed E-state index contributed by atoms with van der Waals surface area (Å²) in [5, 5.41) is 6.36. The van der Waals surface area contributed by atoms with Crippen molar-refractivity contribution < 1.29 is 19.1 Å². The van der Waals surface area contributed by atoms with Crippen LogP contribution in [0, 0.1) is 0 Å². The normalized spacial score (nSPS) is 10.3. The number of rotatable bonds is 9. The topological polar surface area (TPSA) is 76.7 Å². The maximum Gasteiger partial charge on any atom is 0.234 e. The molecule has 6 nitrogen and oxygen atoms in total. The number of methoxy groups -OCH3 is 2. The average Bonchev–Trinajstić information content (AvgIpc) is 2.79. The van der Waals surface area contributed by atoms with E-state index in [0.29, 0.717) is 27.9 Å². The van der Waals surface area contributed by atoms with Crippen LogP contribution >= 0.6 is 23.4 Å². The first-order valence-electron chi connectivity index (χ1n) is 9.75. The van der Waals surface area contributed by atoms with Crippen molar-refractivity contribution in [3.8, 4) is 11.5 Å². The van der Waals surface area contributed by atoms with Crippen LogP contribution in [0.15, 0.2) is 71.6 Å². The highest BCUT2D eigenvalue weighted by Gasteiger charge is 2.09. The number of hydrogen-bond acceptors (Lipinski definition) is 5. The minimum absolute atomic E-state index is 0.126. The number of carbonyl (C=O) groups is 2. The molecule has 0 unspecified atom stereocenters. The van der Waals surface area contributed by atoms with Crippen LogP contribution < -0.4 is 20.1 Å². The number of halogens is 1. The second-order valence-corrected chi connectivity index (χ2v) is 8.30. The molecule has 3 rings (SSSR count). The van der Waals surface area contributed by atoms with Crippen molar-refractivity contribution in [2.45, 2.75) is 11.3 Å². The molecule has 3 aromatic carbocycles. The lowest BCUT2D eigenvalue weighted by Gasteiger charge is -2.10. The molecular formula is C24H23ClN2O4S. The van der Waals surface area contributed by atoms with Crippen LogP contribution in [-0.4, -0.2) is 31.8 Å². The van der Waals surface area contributed by atoms with E-state index in [2.05, 4.69) is 10.6 Å². The highest BCUT2D eigenvalue weighted by atomic mass is 35.5. The molecule has 2 amide bonds. The molecule has 8 heteroatoms. The first-order chi connectivity index (χ1) is 15.4. The average molecular weight is 471 g/mol. The predicted octanol–water partition coefficient (Wildman–Crippen LogP) is 5.27.